The van der Waals surface area contributed by atoms with Gasteiger partial charge in [0.2, 0.25) is 0 Å². The van der Waals surface area contributed by atoms with Gasteiger partial charge in [-0.05, 0) is 57.6 Å². The number of ether oxygens (including phenoxy) is 1. The van der Waals surface area contributed by atoms with Gasteiger partial charge in [-0.25, -0.2) is 4.79 Å². The number of thiophene rings is 1. The van der Waals surface area contributed by atoms with Crippen molar-refractivity contribution in [2.75, 3.05) is 6.61 Å². The molecule has 5 heteroatoms. The molecule has 0 fully saturated rings. The van der Waals surface area contributed by atoms with E-state index in [1.807, 2.05) is 35.7 Å². The van der Waals surface area contributed by atoms with Crippen molar-refractivity contribution in [3.8, 4) is 5.75 Å². The molecule has 0 atom stereocenters. The molecule has 0 unspecified atom stereocenters. The molecular weight excluding hydrogens is 364 g/mol. The topological polar surface area (TPSA) is 46.5 Å². The van der Waals surface area contributed by atoms with Crippen molar-refractivity contribution >= 4 is 44.9 Å². The van der Waals surface area contributed by atoms with Crippen LogP contribution >= 0.6 is 27.3 Å². The van der Waals surface area contributed by atoms with E-state index >= 15 is 0 Å². The Kier molecular flexibility index (Phi) is 6.21. The highest BCUT2D eigenvalue weighted by Gasteiger charge is 2.12. The van der Waals surface area contributed by atoms with Gasteiger partial charge < -0.3 is 9.84 Å². The molecule has 3 nitrogen and oxygen atoms in total. The van der Waals surface area contributed by atoms with E-state index in [4.69, 9.17) is 4.74 Å². The zero-order valence-corrected chi connectivity index (χ0v) is 14.6. The van der Waals surface area contributed by atoms with Crippen LogP contribution in [0.1, 0.15) is 30.2 Å². The molecule has 0 aliphatic heterocycles. The Labute approximate surface area is 142 Å². The van der Waals surface area contributed by atoms with Crippen LogP contribution in [0.25, 0.3) is 11.6 Å². The van der Waals surface area contributed by atoms with Gasteiger partial charge in [-0.3, -0.25) is 0 Å². The summed E-state index contributed by atoms with van der Waals surface area (Å²) >= 11 is 4.89. The van der Waals surface area contributed by atoms with Gasteiger partial charge in [-0.1, -0.05) is 25.5 Å². The molecule has 116 valence electrons. The lowest BCUT2D eigenvalue weighted by atomic mass is 10.1. The number of hydrogen-bond acceptors (Lipinski definition) is 3. The summed E-state index contributed by atoms with van der Waals surface area (Å²) in [5.41, 5.74) is 1.11. The van der Waals surface area contributed by atoms with Crippen LogP contribution in [0.15, 0.2) is 40.2 Å². The van der Waals surface area contributed by atoms with E-state index in [0.29, 0.717) is 12.2 Å². The third kappa shape index (κ3) is 4.45. The van der Waals surface area contributed by atoms with Crippen LogP contribution < -0.4 is 4.74 Å². The molecule has 0 aliphatic carbocycles. The van der Waals surface area contributed by atoms with Crippen LogP contribution in [0.2, 0.25) is 0 Å². The van der Waals surface area contributed by atoms with E-state index in [-0.39, 0.29) is 0 Å². The summed E-state index contributed by atoms with van der Waals surface area (Å²) in [6.45, 7) is 2.80. The van der Waals surface area contributed by atoms with Gasteiger partial charge in [0.15, 0.2) is 0 Å². The van der Waals surface area contributed by atoms with Crippen molar-refractivity contribution in [1.82, 2.24) is 0 Å². The second-order valence-electron chi connectivity index (χ2n) is 4.73. The smallest absolute Gasteiger partial charge is 0.337 e. The average Bonchev–Trinajstić information content (AvgIpc) is 3.00. The van der Waals surface area contributed by atoms with Crippen molar-refractivity contribution in [2.24, 2.45) is 0 Å². The first-order valence-electron chi connectivity index (χ1n) is 7.03. The molecule has 1 N–H and O–H groups in total. The Balaban J connectivity index is 2.23. The normalized spacial score (nSPS) is 11.5. The highest BCUT2D eigenvalue weighted by Crippen LogP contribution is 2.29. The zero-order chi connectivity index (χ0) is 15.9. The SMILES string of the molecule is CCCCOc1ccc(/C=C(\C(=O)O)c2cccs2)cc1Br. The van der Waals surface area contributed by atoms with Crippen LogP contribution in [0, 0.1) is 0 Å². The van der Waals surface area contributed by atoms with E-state index in [1.165, 1.54) is 11.3 Å². The van der Waals surface area contributed by atoms with Crippen molar-refractivity contribution < 1.29 is 14.6 Å². The molecule has 2 aromatic rings. The number of rotatable bonds is 7. The van der Waals surface area contributed by atoms with E-state index in [2.05, 4.69) is 22.9 Å². The summed E-state index contributed by atoms with van der Waals surface area (Å²) in [5.74, 6) is -0.152. The summed E-state index contributed by atoms with van der Waals surface area (Å²) in [4.78, 5) is 12.2. The van der Waals surface area contributed by atoms with Crippen molar-refractivity contribution in [3.63, 3.8) is 0 Å². The third-order valence-corrected chi connectivity index (χ3v) is 4.56. The average molecular weight is 381 g/mol. The number of hydrogen-bond donors (Lipinski definition) is 1. The Morgan fingerprint density at radius 1 is 1.41 bits per heavy atom. The minimum atomic E-state index is -0.929. The highest BCUT2D eigenvalue weighted by molar-refractivity contribution is 9.10. The second kappa shape index (κ2) is 8.15. The lowest BCUT2D eigenvalue weighted by Gasteiger charge is -2.08. The quantitative estimate of drug-likeness (QED) is 0.522. The number of benzene rings is 1. The maximum atomic E-state index is 11.4. The van der Waals surface area contributed by atoms with Gasteiger partial charge in [-0.15, -0.1) is 11.3 Å². The minimum Gasteiger partial charge on any atom is -0.492 e. The Bertz CT molecular complexity index is 663. The van der Waals surface area contributed by atoms with Crippen LogP contribution in [-0.4, -0.2) is 17.7 Å². The fourth-order valence-electron chi connectivity index (χ4n) is 1.89. The standard InChI is InChI=1S/C17H17BrO3S/c1-2-3-8-21-15-7-6-12(11-14(15)18)10-13(17(19)20)16-5-4-9-22-16/h4-7,9-11H,2-3,8H2,1H3,(H,19,20)/b13-10-. The lowest BCUT2D eigenvalue weighted by Crippen LogP contribution is -1.98. The zero-order valence-electron chi connectivity index (χ0n) is 12.2. The van der Waals surface area contributed by atoms with Crippen LogP contribution in [0.4, 0.5) is 0 Å². The predicted molar refractivity (Wildman–Crippen MR) is 94.4 cm³/mol. The third-order valence-electron chi connectivity index (χ3n) is 3.04. The second-order valence-corrected chi connectivity index (χ2v) is 6.53. The van der Waals surface area contributed by atoms with Gasteiger partial charge in [0, 0.05) is 4.88 Å². The molecule has 22 heavy (non-hydrogen) atoms. The molecule has 0 saturated heterocycles. The Morgan fingerprint density at radius 2 is 2.23 bits per heavy atom. The van der Waals surface area contributed by atoms with Crippen LogP contribution in [-0.2, 0) is 4.79 Å². The number of aliphatic carboxylic acids is 1. The van der Waals surface area contributed by atoms with Crippen molar-refractivity contribution in [3.05, 3.63) is 50.6 Å². The number of carboxylic acid groups (broad SMARTS) is 1. The monoisotopic (exact) mass is 380 g/mol. The summed E-state index contributed by atoms with van der Waals surface area (Å²) in [5, 5.41) is 11.2. The molecule has 0 bridgehead atoms. The van der Waals surface area contributed by atoms with Crippen LogP contribution in [0.5, 0.6) is 5.75 Å². The maximum absolute atomic E-state index is 11.4. The van der Waals surface area contributed by atoms with E-state index in [1.54, 1.807) is 6.08 Å². The van der Waals surface area contributed by atoms with Crippen molar-refractivity contribution in [2.45, 2.75) is 19.8 Å². The molecule has 1 aromatic heterocycles. The number of unbranched alkanes of at least 4 members (excludes halogenated alkanes) is 1. The fraction of sp³-hybridized carbons (Fsp3) is 0.235. The summed E-state index contributed by atoms with van der Waals surface area (Å²) in [7, 11) is 0. The first-order valence-corrected chi connectivity index (χ1v) is 8.70. The molecule has 0 amide bonds. The molecule has 0 saturated carbocycles. The summed E-state index contributed by atoms with van der Waals surface area (Å²) in [6.07, 6.45) is 3.77. The first kappa shape index (κ1) is 16.8. The van der Waals surface area contributed by atoms with Gasteiger partial charge in [0.25, 0.3) is 0 Å². The summed E-state index contributed by atoms with van der Waals surface area (Å²) < 4.78 is 6.50. The molecular formula is C17H17BrO3S. The van der Waals surface area contributed by atoms with Crippen molar-refractivity contribution in [1.29, 1.82) is 0 Å². The van der Waals surface area contributed by atoms with Gasteiger partial charge in [-0.2, -0.15) is 0 Å². The van der Waals surface area contributed by atoms with Crippen LogP contribution in [0.3, 0.4) is 0 Å². The molecule has 0 radical (unpaired) electrons. The minimum absolute atomic E-state index is 0.293. The summed E-state index contributed by atoms with van der Waals surface area (Å²) in [6, 6.07) is 9.25. The maximum Gasteiger partial charge on any atom is 0.337 e. The molecule has 2 rings (SSSR count). The number of carbonyl (C=O) groups is 1. The van der Waals surface area contributed by atoms with E-state index < -0.39 is 5.97 Å². The largest absolute Gasteiger partial charge is 0.492 e. The Hall–Kier alpha value is -1.59. The van der Waals surface area contributed by atoms with E-state index in [9.17, 15) is 9.90 Å². The highest BCUT2D eigenvalue weighted by atomic mass is 79.9. The number of carboxylic acids is 1. The van der Waals surface area contributed by atoms with E-state index in [0.717, 1.165) is 33.5 Å². The molecule has 1 heterocycles. The lowest BCUT2D eigenvalue weighted by molar-refractivity contribution is -0.130. The van der Waals surface area contributed by atoms with Gasteiger partial charge in [0.1, 0.15) is 5.75 Å². The fourth-order valence-corrected chi connectivity index (χ4v) is 3.13. The molecule has 0 aliphatic rings. The molecule has 1 aromatic carbocycles. The van der Waals surface area contributed by atoms with Gasteiger partial charge >= 0.3 is 5.97 Å². The first-order chi connectivity index (χ1) is 10.6. The predicted octanol–water partition coefficient (Wildman–Crippen LogP) is 5.31. The number of halogens is 1. The van der Waals surface area contributed by atoms with Gasteiger partial charge in [0.05, 0.1) is 16.7 Å². The molecule has 0 spiro atoms. The Morgan fingerprint density at radius 3 is 2.82 bits per heavy atom.